The van der Waals surface area contributed by atoms with Crippen molar-refractivity contribution in [2.75, 3.05) is 11.0 Å². The summed E-state index contributed by atoms with van der Waals surface area (Å²) in [6, 6.07) is 5.53. The van der Waals surface area contributed by atoms with E-state index in [1.54, 1.807) is 6.07 Å². The second-order valence-electron chi connectivity index (χ2n) is 3.03. The van der Waals surface area contributed by atoms with Crippen LogP contribution < -0.4 is 4.74 Å². The van der Waals surface area contributed by atoms with Gasteiger partial charge >= 0.3 is 0 Å². The molecule has 0 spiro atoms. The van der Waals surface area contributed by atoms with Crippen LogP contribution in [-0.2, 0) is 0 Å². The summed E-state index contributed by atoms with van der Waals surface area (Å²) in [6.45, 7) is 2.65. The van der Waals surface area contributed by atoms with Crippen LogP contribution in [0.2, 0.25) is 0 Å². The molecule has 0 aliphatic rings. The lowest BCUT2D eigenvalue weighted by Crippen LogP contribution is -1.98. The first kappa shape index (κ1) is 11.5. The quantitative estimate of drug-likeness (QED) is 0.362. The van der Waals surface area contributed by atoms with E-state index in [9.17, 15) is 4.79 Å². The molecule has 0 saturated heterocycles. The standard InChI is InChI=1S/C11H13IO2/c1-9-7-11(14-6-2-5-12)4-3-10(9)8-13/h3-4,7-8H,2,5-6H2,1H3. The van der Waals surface area contributed by atoms with Crippen LogP contribution in [0.1, 0.15) is 22.3 Å². The Morgan fingerprint density at radius 2 is 2.29 bits per heavy atom. The van der Waals surface area contributed by atoms with E-state index in [2.05, 4.69) is 22.6 Å². The van der Waals surface area contributed by atoms with Gasteiger partial charge < -0.3 is 4.74 Å². The Kier molecular flexibility index (Phi) is 4.93. The molecule has 0 N–H and O–H groups in total. The Morgan fingerprint density at radius 3 is 2.86 bits per heavy atom. The molecule has 14 heavy (non-hydrogen) atoms. The molecule has 0 fully saturated rings. The molecule has 76 valence electrons. The number of carbonyl (C=O) groups excluding carboxylic acids is 1. The largest absolute Gasteiger partial charge is 0.494 e. The van der Waals surface area contributed by atoms with Crippen LogP contribution in [0.25, 0.3) is 0 Å². The highest BCUT2D eigenvalue weighted by Crippen LogP contribution is 2.16. The summed E-state index contributed by atoms with van der Waals surface area (Å²) >= 11 is 2.32. The maximum absolute atomic E-state index is 10.6. The molecule has 1 aromatic carbocycles. The zero-order valence-electron chi connectivity index (χ0n) is 8.13. The number of aldehydes is 1. The number of ether oxygens (including phenoxy) is 1. The lowest BCUT2D eigenvalue weighted by Gasteiger charge is -2.06. The van der Waals surface area contributed by atoms with Gasteiger partial charge in [-0.15, -0.1) is 0 Å². The van der Waals surface area contributed by atoms with E-state index in [4.69, 9.17) is 4.74 Å². The van der Waals surface area contributed by atoms with Gasteiger partial charge in [0.25, 0.3) is 0 Å². The third-order valence-electron chi connectivity index (χ3n) is 1.91. The van der Waals surface area contributed by atoms with E-state index in [0.717, 1.165) is 40.6 Å². The highest BCUT2D eigenvalue weighted by molar-refractivity contribution is 14.1. The van der Waals surface area contributed by atoms with Gasteiger partial charge in [0.05, 0.1) is 6.61 Å². The van der Waals surface area contributed by atoms with Gasteiger partial charge in [-0.2, -0.15) is 0 Å². The molecule has 0 atom stereocenters. The minimum absolute atomic E-state index is 0.728. The van der Waals surface area contributed by atoms with Crippen molar-refractivity contribution < 1.29 is 9.53 Å². The predicted octanol–water partition coefficient (Wildman–Crippen LogP) is 3.01. The van der Waals surface area contributed by atoms with Crippen molar-refractivity contribution in [3.63, 3.8) is 0 Å². The van der Waals surface area contributed by atoms with Gasteiger partial charge in [-0.25, -0.2) is 0 Å². The van der Waals surface area contributed by atoms with Crippen molar-refractivity contribution in [3.05, 3.63) is 29.3 Å². The Balaban J connectivity index is 2.62. The average Bonchev–Trinajstić information content (AvgIpc) is 2.18. The second kappa shape index (κ2) is 6.01. The maximum Gasteiger partial charge on any atom is 0.150 e. The molecular weight excluding hydrogens is 291 g/mol. The number of benzene rings is 1. The fraction of sp³-hybridized carbons (Fsp3) is 0.364. The molecule has 0 amide bonds. The van der Waals surface area contributed by atoms with Crippen molar-refractivity contribution in [3.8, 4) is 5.75 Å². The number of aryl methyl sites for hydroxylation is 1. The number of hydrogen-bond acceptors (Lipinski definition) is 2. The number of halogens is 1. The van der Waals surface area contributed by atoms with Crippen LogP contribution in [0.3, 0.4) is 0 Å². The number of rotatable bonds is 5. The van der Waals surface area contributed by atoms with Crippen molar-refractivity contribution >= 4 is 28.9 Å². The molecule has 3 heteroatoms. The van der Waals surface area contributed by atoms with E-state index >= 15 is 0 Å². The number of carbonyl (C=O) groups is 1. The normalized spacial score (nSPS) is 9.86. The molecule has 0 heterocycles. The van der Waals surface area contributed by atoms with Crippen LogP contribution in [0, 0.1) is 6.92 Å². The second-order valence-corrected chi connectivity index (χ2v) is 4.11. The van der Waals surface area contributed by atoms with E-state index < -0.39 is 0 Å². The van der Waals surface area contributed by atoms with E-state index in [1.807, 2.05) is 19.1 Å². The Morgan fingerprint density at radius 1 is 1.50 bits per heavy atom. The molecule has 1 rings (SSSR count). The van der Waals surface area contributed by atoms with Gasteiger partial charge in [-0.3, -0.25) is 4.79 Å². The summed E-state index contributed by atoms with van der Waals surface area (Å²) in [5.41, 5.74) is 1.69. The topological polar surface area (TPSA) is 26.3 Å². The van der Waals surface area contributed by atoms with Crippen LogP contribution in [0.4, 0.5) is 0 Å². The molecular formula is C11H13IO2. The SMILES string of the molecule is Cc1cc(OCCCI)ccc1C=O. The first-order valence-electron chi connectivity index (χ1n) is 4.52. The lowest BCUT2D eigenvalue weighted by atomic mass is 10.1. The number of alkyl halides is 1. The van der Waals surface area contributed by atoms with Crippen molar-refractivity contribution in [1.29, 1.82) is 0 Å². The summed E-state index contributed by atoms with van der Waals surface area (Å²) in [5.74, 6) is 0.845. The van der Waals surface area contributed by atoms with Gasteiger partial charge in [-0.05, 0) is 37.1 Å². The van der Waals surface area contributed by atoms with E-state index in [-0.39, 0.29) is 0 Å². The van der Waals surface area contributed by atoms with Crippen LogP contribution in [0.5, 0.6) is 5.75 Å². The molecule has 2 nitrogen and oxygen atoms in total. The first-order valence-corrected chi connectivity index (χ1v) is 6.05. The van der Waals surface area contributed by atoms with Gasteiger partial charge in [-0.1, -0.05) is 22.6 Å². The van der Waals surface area contributed by atoms with Crippen LogP contribution in [-0.4, -0.2) is 17.3 Å². The first-order chi connectivity index (χ1) is 6.77. The van der Waals surface area contributed by atoms with Crippen molar-refractivity contribution in [1.82, 2.24) is 0 Å². The monoisotopic (exact) mass is 304 g/mol. The zero-order chi connectivity index (χ0) is 10.4. The fourth-order valence-corrected chi connectivity index (χ4v) is 1.43. The summed E-state index contributed by atoms with van der Waals surface area (Å²) in [5, 5.41) is 0. The molecule has 0 aliphatic carbocycles. The summed E-state index contributed by atoms with van der Waals surface area (Å²) in [6.07, 6.45) is 1.92. The lowest BCUT2D eigenvalue weighted by molar-refractivity contribution is 0.112. The summed E-state index contributed by atoms with van der Waals surface area (Å²) < 4.78 is 6.61. The van der Waals surface area contributed by atoms with Crippen LogP contribution >= 0.6 is 22.6 Å². The zero-order valence-corrected chi connectivity index (χ0v) is 10.3. The van der Waals surface area contributed by atoms with Gasteiger partial charge in [0.15, 0.2) is 0 Å². The van der Waals surface area contributed by atoms with Crippen molar-refractivity contribution in [2.24, 2.45) is 0 Å². The predicted molar refractivity (Wildman–Crippen MR) is 65.6 cm³/mol. The molecule has 0 aromatic heterocycles. The van der Waals surface area contributed by atoms with E-state index in [1.165, 1.54) is 0 Å². The van der Waals surface area contributed by atoms with Gasteiger partial charge in [0, 0.05) is 9.99 Å². The molecule has 1 aromatic rings. The molecule has 0 saturated carbocycles. The highest BCUT2D eigenvalue weighted by Gasteiger charge is 1.99. The van der Waals surface area contributed by atoms with Gasteiger partial charge in [0.2, 0.25) is 0 Å². The molecule has 0 unspecified atom stereocenters. The minimum Gasteiger partial charge on any atom is -0.494 e. The van der Waals surface area contributed by atoms with Crippen LogP contribution in [0.15, 0.2) is 18.2 Å². The van der Waals surface area contributed by atoms with Gasteiger partial charge in [0.1, 0.15) is 12.0 Å². The Bertz CT molecular complexity index is 310. The average molecular weight is 304 g/mol. The third-order valence-corrected chi connectivity index (χ3v) is 2.68. The third kappa shape index (κ3) is 3.29. The summed E-state index contributed by atoms with van der Waals surface area (Å²) in [7, 11) is 0. The molecule has 0 aliphatic heterocycles. The van der Waals surface area contributed by atoms with E-state index in [0.29, 0.717) is 0 Å². The van der Waals surface area contributed by atoms with Crippen molar-refractivity contribution in [2.45, 2.75) is 13.3 Å². The maximum atomic E-state index is 10.6. The fourth-order valence-electron chi connectivity index (χ4n) is 1.11. The minimum atomic E-state index is 0.728. The summed E-state index contributed by atoms with van der Waals surface area (Å²) in [4.78, 5) is 10.6. The highest BCUT2D eigenvalue weighted by atomic mass is 127. The Hall–Kier alpha value is -0.580. The number of hydrogen-bond donors (Lipinski definition) is 0. The molecule has 0 radical (unpaired) electrons. The molecule has 0 bridgehead atoms. The Labute approximate surface area is 97.8 Å². The smallest absolute Gasteiger partial charge is 0.150 e.